The zero-order chi connectivity index (χ0) is 43.4. The summed E-state index contributed by atoms with van der Waals surface area (Å²) in [4.78, 5) is 17.5. The Morgan fingerprint density at radius 3 is 1.41 bits per heavy atom. The van der Waals surface area contributed by atoms with Crippen LogP contribution in [0.15, 0.2) is 165 Å². The molecule has 0 amide bonds. The van der Waals surface area contributed by atoms with E-state index in [1.165, 1.54) is 12.7 Å². The number of aliphatic hydroxyl groups is 1. The van der Waals surface area contributed by atoms with Crippen molar-refractivity contribution >= 4 is 33.7 Å². The second-order valence-corrected chi connectivity index (χ2v) is 15.9. The molecule has 11 rings (SSSR count). The molecule has 5 heterocycles. The molecule has 1 saturated carbocycles. The Kier molecular flexibility index (Phi) is 11.4. The maximum absolute atomic E-state index is 9.98. The quantitative estimate of drug-likeness (QED) is 0.126. The Morgan fingerprint density at radius 1 is 0.516 bits per heavy atom. The molecule has 13 heteroatoms. The van der Waals surface area contributed by atoms with Crippen LogP contribution in [0.2, 0.25) is 0 Å². The highest BCUT2D eigenvalue weighted by atomic mass is 16.7. The molecule has 5 aromatic carbocycles. The minimum atomic E-state index is -0.370. The van der Waals surface area contributed by atoms with Crippen LogP contribution in [0.4, 0.5) is 11.6 Å². The van der Waals surface area contributed by atoms with Gasteiger partial charge in [-0.1, -0.05) is 91.0 Å². The Balaban J connectivity index is 0.000000154. The van der Waals surface area contributed by atoms with Gasteiger partial charge >= 0.3 is 0 Å². The van der Waals surface area contributed by atoms with Crippen LogP contribution in [0.5, 0.6) is 23.0 Å². The van der Waals surface area contributed by atoms with Gasteiger partial charge in [0.2, 0.25) is 0 Å². The zero-order valence-electron chi connectivity index (χ0n) is 34.9. The van der Waals surface area contributed by atoms with E-state index in [2.05, 4.69) is 41.5 Å². The van der Waals surface area contributed by atoms with Gasteiger partial charge in [0, 0.05) is 35.1 Å². The lowest BCUT2D eigenvalue weighted by Crippen LogP contribution is -2.29. The molecule has 2 atom stereocenters. The van der Waals surface area contributed by atoms with E-state index in [1.54, 1.807) is 0 Å². The molecule has 1 aliphatic carbocycles. The van der Waals surface area contributed by atoms with Crippen LogP contribution in [-0.2, 0) is 9.47 Å². The van der Waals surface area contributed by atoms with Gasteiger partial charge < -0.3 is 44.7 Å². The van der Waals surface area contributed by atoms with Gasteiger partial charge in [0.15, 0.2) is 6.29 Å². The first-order valence-corrected chi connectivity index (χ1v) is 21.3. The first kappa shape index (κ1) is 40.5. The average molecular weight is 851 g/mol. The zero-order valence-corrected chi connectivity index (χ0v) is 34.9. The molecule has 2 aliphatic rings. The molecule has 320 valence electrons. The Labute approximate surface area is 369 Å². The Morgan fingerprint density at radius 2 is 0.953 bits per heavy atom. The third-order valence-corrected chi connectivity index (χ3v) is 11.7. The summed E-state index contributed by atoms with van der Waals surface area (Å²) in [6.07, 6.45) is 8.99. The van der Waals surface area contributed by atoms with Crippen LogP contribution in [-0.4, -0.2) is 53.5 Å². The lowest BCUT2D eigenvalue weighted by atomic mass is 10.1. The number of hydrogen-bond acceptors (Lipinski definition) is 11. The predicted octanol–water partition coefficient (Wildman–Crippen LogP) is 10.3. The number of ether oxygens (including phenoxy) is 4. The van der Waals surface area contributed by atoms with Crippen LogP contribution in [0.1, 0.15) is 43.2 Å². The summed E-state index contributed by atoms with van der Waals surface area (Å²) >= 11 is 0. The van der Waals surface area contributed by atoms with Gasteiger partial charge in [0.05, 0.1) is 36.1 Å². The molecule has 0 radical (unpaired) electrons. The van der Waals surface area contributed by atoms with Crippen LogP contribution in [0.3, 0.4) is 0 Å². The van der Waals surface area contributed by atoms with Crippen molar-refractivity contribution in [3.05, 3.63) is 170 Å². The van der Waals surface area contributed by atoms with Crippen molar-refractivity contribution in [1.82, 2.24) is 29.1 Å². The van der Waals surface area contributed by atoms with Crippen LogP contribution in [0.25, 0.3) is 44.3 Å². The summed E-state index contributed by atoms with van der Waals surface area (Å²) in [7, 11) is 0. The highest BCUT2D eigenvalue weighted by Crippen LogP contribution is 2.40. The fourth-order valence-corrected chi connectivity index (χ4v) is 8.51. The number of para-hydroxylation sites is 2. The first-order chi connectivity index (χ1) is 31.4. The Bertz CT molecular complexity index is 2970. The monoisotopic (exact) mass is 850 g/mol. The molecule has 5 N–H and O–H groups in total. The lowest BCUT2D eigenvalue weighted by Gasteiger charge is -2.30. The largest absolute Gasteiger partial charge is 0.457 e. The second-order valence-electron chi connectivity index (χ2n) is 15.9. The molecule has 2 fully saturated rings. The summed E-state index contributed by atoms with van der Waals surface area (Å²) in [5.41, 5.74) is 19.1. The fraction of sp³-hybridized carbons (Fsp3) is 0.176. The van der Waals surface area contributed by atoms with Gasteiger partial charge in [0.1, 0.15) is 58.6 Å². The molecule has 9 aromatic rings. The molecule has 2 unspecified atom stereocenters. The summed E-state index contributed by atoms with van der Waals surface area (Å²) in [6.45, 7) is 0.993. The number of nitrogen functional groups attached to an aromatic ring is 2. The minimum Gasteiger partial charge on any atom is -0.457 e. The van der Waals surface area contributed by atoms with Gasteiger partial charge in [-0.05, 0) is 78.9 Å². The van der Waals surface area contributed by atoms with Crippen LogP contribution in [0, 0.1) is 0 Å². The predicted molar refractivity (Wildman–Crippen MR) is 247 cm³/mol. The number of rotatable bonds is 9. The maximum atomic E-state index is 9.98. The van der Waals surface area contributed by atoms with Crippen LogP contribution < -0.4 is 20.9 Å². The molecular weight excluding hydrogens is 805 g/mol. The summed E-state index contributed by atoms with van der Waals surface area (Å²) in [5.74, 6) is 4.02. The van der Waals surface area contributed by atoms with E-state index in [1.807, 2.05) is 140 Å². The van der Waals surface area contributed by atoms with E-state index in [4.69, 9.17) is 30.4 Å². The van der Waals surface area contributed by atoms with Crippen molar-refractivity contribution in [2.45, 2.75) is 43.7 Å². The normalized spacial score (nSPS) is 18.4. The number of anilines is 2. The van der Waals surface area contributed by atoms with E-state index in [-0.39, 0.29) is 24.5 Å². The van der Waals surface area contributed by atoms with E-state index in [9.17, 15) is 5.11 Å². The topological polar surface area (TPSA) is 171 Å². The van der Waals surface area contributed by atoms with Crippen LogP contribution >= 0.6 is 0 Å². The van der Waals surface area contributed by atoms with Gasteiger partial charge in [-0.3, -0.25) is 0 Å². The molecule has 1 saturated heterocycles. The van der Waals surface area contributed by atoms with Crippen molar-refractivity contribution < 1.29 is 24.1 Å². The van der Waals surface area contributed by atoms with Gasteiger partial charge in [-0.15, -0.1) is 0 Å². The van der Waals surface area contributed by atoms with Gasteiger partial charge in [0.25, 0.3) is 0 Å². The summed E-state index contributed by atoms with van der Waals surface area (Å²) < 4.78 is 28.2. The number of nitrogens with two attached hydrogens (primary N) is 2. The third kappa shape index (κ3) is 8.47. The maximum Gasteiger partial charge on any atom is 0.184 e. The molecular formula is C51H46N8O5. The van der Waals surface area contributed by atoms with E-state index in [0.717, 1.165) is 92.1 Å². The molecule has 1 aliphatic heterocycles. The van der Waals surface area contributed by atoms with E-state index in [0.29, 0.717) is 24.8 Å². The molecule has 4 aromatic heterocycles. The summed E-state index contributed by atoms with van der Waals surface area (Å²) in [5, 5.41) is 11.6. The van der Waals surface area contributed by atoms with Gasteiger partial charge in [-0.25, -0.2) is 19.9 Å². The Hall–Kier alpha value is -7.58. The second kappa shape index (κ2) is 18.0. The van der Waals surface area contributed by atoms with Crippen molar-refractivity contribution in [3.63, 3.8) is 0 Å². The molecule has 13 nitrogen and oxygen atoms in total. The van der Waals surface area contributed by atoms with Crippen molar-refractivity contribution in [2.24, 2.45) is 0 Å². The van der Waals surface area contributed by atoms with Crippen molar-refractivity contribution in [2.75, 3.05) is 24.7 Å². The number of nitrogens with zero attached hydrogens (tertiary/aromatic N) is 6. The minimum absolute atomic E-state index is 0.0406. The fourth-order valence-electron chi connectivity index (χ4n) is 8.51. The number of benzene rings is 5. The third-order valence-electron chi connectivity index (χ3n) is 11.7. The lowest BCUT2D eigenvalue weighted by molar-refractivity contribution is -0.200. The number of aromatic nitrogens is 6. The van der Waals surface area contributed by atoms with E-state index < -0.39 is 0 Å². The summed E-state index contributed by atoms with van der Waals surface area (Å²) in [6, 6.07) is 45.4. The number of fused-ring (bicyclic) bond motifs is 2. The van der Waals surface area contributed by atoms with E-state index >= 15 is 0 Å². The SMILES string of the molecule is Nc1ncnc2c1c(-c1ccc(Oc3ccccc3)cc1)cn2C1CCC(O)C1.Nc1ncnc2c1c(-c1ccc(Oc3ccccc3)cc1)cn2C1COC(c2ccccc2)OC1. The highest BCUT2D eigenvalue weighted by Gasteiger charge is 2.29. The average Bonchev–Trinajstić information content (AvgIpc) is 4.07. The highest BCUT2D eigenvalue weighted by molar-refractivity contribution is 6.01. The number of aliphatic hydroxyl groups excluding tert-OH is 1. The first-order valence-electron chi connectivity index (χ1n) is 21.3. The standard InChI is InChI=1S/C28H24N4O3.C23H22N4O2/c29-26-25-24(19-11-13-23(14-12-19)35-22-9-5-2-6-10-22)15-32(27(25)31-18-30-26)21-16-33-28(34-17-21)20-7-3-1-4-8-20;24-22-21-20(13-27(23(21)26-14-25-22)16-8-9-17(28)12-16)15-6-10-19(11-7-15)29-18-4-2-1-3-5-18/h1-15,18,21,28H,16-17H2,(H2,29,30,31);1-7,10-11,13-14,16-17,28H,8-9,12H2,(H2,24,25,26). The smallest absolute Gasteiger partial charge is 0.184 e. The van der Waals surface area contributed by atoms with Crippen molar-refractivity contribution in [1.29, 1.82) is 0 Å². The number of hydrogen-bond donors (Lipinski definition) is 3. The molecule has 0 spiro atoms. The van der Waals surface area contributed by atoms with Crippen molar-refractivity contribution in [3.8, 4) is 45.3 Å². The molecule has 0 bridgehead atoms. The van der Waals surface area contributed by atoms with Gasteiger partial charge in [-0.2, -0.15) is 0 Å². The molecule has 64 heavy (non-hydrogen) atoms.